The third kappa shape index (κ3) is 6.19. The van der Waals surface area contributed by atoms with Crippen LogP contribution in [0.4, 0.5) is 0 Å². The van der Waals surface area contributed by atoms with Crippen LogP contribution in [0.2, 0.25) is 10.0 Å². The van der Waals surface area contributed by atoms with Crippen LogP contribution < -0.4 is 9.47 Å². The number of halogens is 2. The summed E-state index contributed by atoms with van der Waals surface area (Å²) in [5.41, 5.74) is 4.34. The van der Waals surface area contributed by atoms with Crippen LogP contribution in [0, 0.1) is 0 Å². The van der Waals surface area contributed by atoms with Gasteiger partial charge in [-0.05, 0) is 72.1 Å². The predicted octanol–water partition coefficient (Wildman–Crippen LogP) is 5.94. The van der Waals surface area contributed by atoms with E-state index in [9.17, 15) is 4.79 Å². The Bertz CT molecular complexity index is 1520. The van der Waals surface area contributed by atoms with E-state index in [2.05, 4.69) is 15.3 Å². The Kier molecular flexibility index (Phi) is 8.34. The first-order valence-corrected chi connectivity index (χ1v) is 13.2. The van der Waals surface area contributed by atoms with Crippen LogP contribution in [0.15, 0.2) is 79.1 Å². The molecule has 10 heteroatoms. The summed E-state index contributed by atoms with van der Waals surface area (Å²) in [7, 11) is 1.63. The van der Waals surface area contributed by atoms with E-state index in [0.717, 1.165) is 51.5 Å². The van der Waals surface area contributed by atoms with Gasteiger partial charge >= 0.3 is 0 Å². The average molecular weight is 564 g/mol. The molecule has 8 nitrogen and oxygen atoms in total. The number of amides is 1. The van der Waals surface area contributed by atoms with Gasteiger partial charge in [0.15, 0.2) is 0 Å². The molecular weight excluding hydrogens is 537 g/mol. The van der Waals surface area contributed by atoms with E-state index < -0.39 is 0 Å². The van der Waals surface area contributed by atoms with Crippen molar-refractivity contribution < 1.29 is 14.3 Å². The number of aromatic amines is 1. The number of hydrogen-bond acceptors (Lipinski definition) is 5. The number of benzene rings is 3. The van der Waals surface area contributed by atoms with E-state index in [1.54, 1.807) is 36.3 Å². The summed E-state index contributed by atoms with van der Waals surface area (Å²) >= 11 is 11.8. The highest BCUT2D eigenvalue weighted by Crippen LogP contribution is 2.38. The Morgan fingerprint density at radius 2 is 1.77 bits per heavy atom. The Labute approximate surface area is 236 Å². The van der Waals surface area contributed by atoms with E-state index in [1.807, 2.05) is 59.5 Å². The summed E-state index contributed by atoms with van der Waals surface area (Å²) in [5.74, 6) is 1.61. The Morgan fingerprint density at radius 1 is 1.03 bits per heavy atom. The molecule has 3 aromatic carbocycles. The second kappa shape index (κ2) is 12.2. The van der Waals surface area contributed by atoms with Crippen molar-refractivity contribution in [2.45, 2.75) is 19.0 Å². The summed E-state index contributed by atoms with van der Waals surface area (Å²) in [6.45, 7) is 1.79. The molecule has 1 atom stereocenters. The molecule has 0 spiro atoms. The van der Waals surface area contributed by atoms with Gasteiger partial charge in [-0.25, -0.2) is 4.68 Å². The highest BCUT2D eigenvalue weighted by atomic mass is 35.5. The Hall–Kier alpha value is -4.01. The number of carbonyl (C=O) groups is 1. The average Bonchev–Trinajstić information content (AvgIpc) is 3.61. The number of rotatable bonds is 7. The van der Waals surface area contributed by atoms with Gasteiger partial charge in [0.2, 0.25) is 6.41 Å². The Morgan fingerprint density at radius 3 is 2.46 bits per heavy atom. The third-order valence-electron chi connectivity index (χ3n) is 6.57. The monoisotopic (exact) mass is 563 g/mol. The van der Waals surface area contributed by atoms with Crippen LogP contribution in [0.1, 0.15) is 22.9 Å². The summed E-state index contributed by atoms with van der Waals surface area (Å²) in [6, 6.07) is 20.8. The molecule has 1 amide bonds. The molecule has 1 unspecified atom stereocenters. The number of fused-ring (bicyclic) bond motifs is 3. The van der Waals surface area contributed by atoms with Crippen molar-refractivity contribution in [3.05, 3.63) is 106 Å². The van der Waals surface area contributed by atoms with Gasteiger partial charge in [-0.1, -0.05) is 40.5 Å². The highest BCUT2D eigenvalue weighted by molar-refractivity contribution is 6.31. The highest BCUT2D eigenvalue weighted by Gasteiger charge is 2.31. The molecule has 1 aliphatic heterocycles. The van der Waals surface area contributed by atoms with Gasteiger partial charge in [0.25, 0.3) is 0 Å². The van der Waals surface area contributed by atoms with Gasteiger partial charge in [0.05, 0.1) is 25.9 Å². The fourth-order valence-corrected chi connectivity index (χ4v) is 4.98. The maximum atomic E-state index is 11.8. The molecule has 200 valence electrons. The molecule has 0 bridgehead atoms. The van der Waals surface area contributed by atoms with Crippen LogP contribution in [0.5, 0.6) is 11.5 Å². The molecule has 0 saturated heterocycles. The molecule has 1 N–H and O–H groups in total. The minimum Gasteiger partial charge on any atom is -0.497 e. The lowest BCUT2D eigenvalue weighted by molar-refractivity contribution is -0.120. The van der Waals surface area contributed by atoms with Crippen LogP contribution in [0.3, 0.4) is 0 Å². The van der Waals surface area contributed by atoms with E-state index in [-0.39, 0.29) is 6.04 Å². The second-order valence-electron chi connectivity index (χ2n) is 8.94. The van der Waals surface area contributed by atoms with Crippen molar-refractivity contribution in [2.24, 2.45) is 0 Å². The maximum Gasteiger partial charge on any atom is 0.210 e. The smallest absolute Gasteiger partial charge is 0.210 e. The third-order valence-corrected chi connectivity index (χ3v) is 7.05. The number of ether oxygens (including phenoxy) is 2. The maximum absolute atomic E-state index is 11.8. The van der Waals surface area contributed by atoms with E-state index in [1.165, 1.54) is 5.56 Å². The van der Waals surface area contributed by atoms with Crippen molar-refractivity contribution in [3.63, 3.8) is 0 Å². The van der Waals surface area contributed by atoms with Crippen molar-refractivity contribution in [3.8, 4) is 11.5 Å². The lowest BCUT2D eigenvalue weighted by Crippen LogP contribution is -2.34. The van der Waals surface area contributed by atoms with E-state index >= 15 is 0 Å². The first-order valence-electron chi connectivity index (χ1n) is 12.4. The molecule has 39 heavy (non-hydrogen) atoms. The van der Waals surface area contributed by atoms with E-state index in [0.29, 0.717) is 24.7 Å². The van der Waals surface area contributed by atoms with Crippen LogP contribution in [-0.2, 0) is 17.8 Å². The van der Waals surface area contributed by atoms with Crippen molar-refractivity contribution in [1.29, 1.82) is 0 Å². The molecule has 3 heterocycles. The Balaban J connectivity index is 0.000000292. The molecular formula is C29H27Cl2N5O3. The first-order chi connectivity index (χ1) is 19.1. The van der Waals surface area contributed by atoms with Gasteiger partial charge in [-0.2, -0.15) is 0 Å². The number of carbonyl (C=O) groups excluding carboxylic acids is 1. The van der Waals surface area contributed by atoms with Crippen LogP contribution in [-0.4, -0.2) is 51.5 Å². The van der Waals surface area contributed by atoms with Gasteiger partial charge in [0, 0.05) is 39.4 Å². The fourth-order valence-electron chi connectivity index (χ4n) is 4.68. The van der Waals surface area contributed by atoms with Crippen LogP contribution >= 0.6 is 23.2 Å². The molecule has 5 aromatic rings. The number of methoxy groups -OCH3 is 1. The van der Waals surface area contributed by atoms with Crippen molar-refractivity contribution in [2.75, 3.05) is 20.3 Å². The summed E-state index contributed by atoms with van der Waals surface area (Å²) in [6.07, 6.45) is 5.17. The number of nitrogens with zero attached hydrogens (tertiary/aromatic N) is 4. The van der Waals surface area contributed by atoms with Gasteiger partial charge in [-0.3, -0.25) is 4.79 Å². The standard InChI is InChI=1S/C22H20ClN5O2.C7H7ClO/c23-16-3-6-20-19(13-16)18-7-9-27(14-29)22(21(18)25-20)15-1-4-17(5-2-15)30-12-11-28-10-8-24-26-28;1-9-7-4-2-6(8)3-5-7/h1-6,8,10,13-14,22,25H,7,9,11-12H2;2-5H,1H3. The number of H-pyrrole nitrogens is 1. The van der Waals surface area contributed by atoms with Crippen molar-refractivity contribution >= 4 is 40.5 Å². The topological polar surface area (TPSA) is 85.3 Å². The van der Waals surface area contributed by atoms with Gasteiger partial charge in [0.1, 0.15) is 18.1 Å². The van der Waals surface area contributed by atoms with Crippen molar-refractivity contribution in [1.82, 2.24) is 24.9 Å². The fraction of sp³-hybridized carbons (Fsp3) is 0.207. The summed E-state index contributed by atoms with van der Waals surface area (Å²) in [4.78, 5) is 17.1. The molecule has 0 aliphatic carbocycles. The quantitative estimate of drug-likeness (QED) is 0.247. The molecule has 0 radical (unpaired) electrons. The minimum atomic E-state index is -0.165. The first kappa shape index (κ1) is 26.6. The SMILES string of the molecule is COc1ccc(Cl)cc1.O=CN1CCc2c([nH]c3ccc(Cl)cc23)C1c1ccc(OCCn2ccnn2)cc1. The predicted molar refractivity (Wildman–Crippen MR) is 152 cm³/mol. The molecule has 1 aliphatic rings. The second-order valence-corrected chi connectivity index (χ2v) is 9.82. The lowest BCUT2D eigenvalue weighted by Gasteiger charge is -2.33. The zero-order valence-corrected chi connectivity index (χ0v) is 22.8. The minimum absolute atomic E-state index is 0.165. The van der Waals surface area contributed by atoms with E-state index in [4.69, 9.17) is 32.7 Å². The molecule has 6 rings (SSSR count). The largest absolute Gasteiger partial charge is 0.497 e. The van der Waals surface area contributed by atoms with Crippen LogP contribution in [0.25, 0.3) is 10.9 Å². The summed E-state index contributed by atoms with van der Waals surface area (Å²) in [5, 5.41) is 10.3. The molecule has 0 fully saturated rings. The molecule has 0 saturated carbocycles. The number of aromatic nitrogens is 4. The van der Waals surface area contributed by atoms with Gasteiger partial charge < -0.3 is 19.4 Å². The lowest BCUT2D eigenvalue weighted by atomic mass is 9.93. The number of hydrogen-bond donors (Lipinski definition) is 1. The zero-order valence-electron chi connectivity index (χ0n) is 21.3. The normalized spacial score (nSPS) is 14.3. The molecule has 2 aromatic heterocycles. The van der Waals surface area contributed by atoms with Gasteiger partial charge in [-0.15, -0.1) is 5.10 Å². The summed E-state index contributed by atoms with van der Waals surface area (Å²) < 4.78 is 12.4. The number of nitrogens with one attached hydrogen (secondary N) is 1. The zero-order chi connectivity index (χ0) is 27.2.